The molecule has 2 heterocycles. The number of hydrogen-bond acceptors (Lipinski definition) is 2. The van der Waals surface area contributed by atoms with Crippen molar-refractivity contribution in [2.45, 2.75) is 25.2 Å². The van der Waals surface area contributed by atoms with E-state index in [0.717, 1.165) is 25.0 Å². The molecule has 1 aliphatic carbocycles. The first-order valence-corrected chi connectivity index (χ1v) is 10.2. The van der Waals surface area contributed by atoms with Crippen molar-refractivity contribution in [1.82, 2.24) is 9.97 Å². The van der Waals surface area contributed by atoms with Gasteiger partial charge in [0.25, 0.3) is 0 Å². The molecule has 0 saturated heterocycles. The minimum atomic E-state index is 0.0136. The van der Waals surface area contributed by atoms with E-state index in [0.29, 0.717) is 11.0 Å². The van der Waals surface area contributed by atoms with E-state index in [-0.39, 0.29) is 11.3 Å². The average molecular weight is 376 g/mol. The Bertz CT molecular complexity index is 1460. The highest BCUT2D eigenvalue weighted by molar-refractivity contribution is 6.08. The Balaban J connectivity index is 1.56. The number of H-pyrrole nitrogens is 1. The van der Waals surface area contributed by atoms with E-state index >= 15 is 0 Å². The fraction of sp³-hybridized carbons (Fsp3) is 0.154. The van der Waals surface area contributed by atoms with Gasteiger partial charge in [0, 0.05) is 18.2 Å². The molecule has 0 spiro atoms. The van der Waals surface area contributed by atoms with Gasteiger partial charge in [0.2, 0.25) is 0 Å². The Hall–Kier alpha value is -3.46. The fourth-order valence-electron chi connectivity index (χ4n) is 4.98. The summed E-state index contributed by atoms with van der Waals surface area (Å²) in [5.74, 6) is 0.266. The van der Waals surface area contributed by atoms with Gasteiger partial charge in [-0.15, -0.1) is 0 Å². The number of aromatic amines is 1. The van der Waals surface area contributed by atoms with Crippen LogP contribution in [0.5, 0.6) is 0 Å². The summed E-state index contributed by atoms with van der Waals surface area (Å²) >= 11 is 0. The molecule has 0 bridgehead atoms. The van der Waals surface area contributed by atoms with Crippen LogP contribution in [-0.4, -0.2) is 9.97 Å². The van der Waals surface area contributed by atoms with E-state index < -0.39 is 0 Å². The fourth-order valence-corrected chi connectivity index (χ4v) is 4.98. The number of hydrogen-bond donors (Lipinski definition) is 1. The highest BCUT2D eigenvalue weighted by Crippen LogP contribution is 2.40. The lowest BCUT2D eigenvalue weighted by Crippen LogP contribution is -2.13. The number of aryl methyl sites for hydroxylation is 1. The molecular formula is C26H20N2O. The lowest BCUT2D eigenvalue weighted by molar-refractivity contribution is 0.609. The van der Waals surface area contributed by atoms with Crippen molar-refractivity contribution >= 4 is 32.6 Å². The lowest BCUT2D eigenvalue weighted by Gasteiger charge is -2.27. The third-order valence-corrected chi connectivity index (χ3v) is 6.36. The second kappa shape index (κ2) is 6.28. The summed E-state index contributed by atoms with van der Waals surface area (Å²) in [6.45, 7) is 0. The maximum absolute atomic E-state index is 12.1. The molecule has 2 aromatic heterocycles. The van der Waals surface area contributed by atoms with Crippen molar-refractivity contribution in [3.63, 3.8) is 0 Å². The van der Waals surface area contributed by atoms with E-state index in [1.165, 1.54) is 32.7 Å². The van der Waals surface area contributed by atoms with Gasteiger partial charge in [-0.2, -0.15) is 0 Å². The highest BCUT2D eigenvalue weighted by Gasteiger charge is 2.25. The van der Waals surface area contributed by atoms with Gasteiger partial charge in [0.1, 0.15) is 5.65 Å². The summed E-state index contributed by atoms with van der Waals surface area (Å²) in [7, 11) is 0. The average Bonchev–Trinajstić information content (AvgIpc) is 2.78. The first-order chi connectivity index (χ1) is 14.3. The van der Waals surface area contributed by atoms with E-state index in [2.05, 4.69) is 53.5 Å². The van der Waals surface area contributed by atoms with E-state index in [1.54, 1.807) is 12.3 Å². The summed E-state index contributed by atoms with van der Waals surface area (Å²) in [4.78, 5) is 20.0. The Morgan fingerprint density at radius 2 is 1.69 bits per heavy atom. The summed E-state index contributed by atoms with van der Waals surface area (Å²) < 4.78 is 0. The van der Waals surface area contributed by atoms with Crippen LogP contribution in [0.3, 0.4) is 0 Å². The van der Waals surface area contributed by atoms with Crippen LogP contribution in [0.2, 0.25) is 0 Å². The van der Waals surface area contributed by atoms with Crippen LogP contribution in [0.1, 0.15) is 35.6 Å². The maximum atomic E-state index is 12.1. The first-order valence-electron chi connectivity index (χ1n) is 10.2. The predicted molar refractivity (Wildman–Crippen MR) is 119 cm³/mol. The van der Waals surface area contributed by atoms with Crippen molar-refractivity contribution in [3.05, 3.63) is 100.0 Å². The number of aromatic nitrogens is 2. The summed E-state index contributed by atoms with van der Waals surface area (Å²) in [5, 5.41) is 5.94. The summed E-state index contributed by atoms with van der Waals surface area (Å²) in [6, 6.07) is 23.2. The third-order valence-electron chi connectivity index (χ3n) is 6.36. The largest absolute Gasteiger partial charge is 0.346 e. The minimum absolute atomic E-state index is 0.0136. The van der Waals surface area contributed by atoms with Crippen molar-refractivity contribution in [3.8, 4) is 0 Å². The number of rotatable bonds is 1. The molecule has 1 unspecified atom stereocenters. The van der Waals surface area contributed by atoms with Gasteiger partial charge in [-0.3, -0.25) is 4.79 Å². The van der Waals surface area contributed by atoms with Gasteiger partial charge < -0.3 is 4.98 Å². The SMILES string of the molecule is O=c1cc[nH]c2nc(C3CCCc4c3ccc3c4ccc4ccccc43)ccc12. The second-order valence-corrected chi connectivity index (χ2v) is 7.93. The molecule has 29 heavy (non-hydrogen) atoms. The molecule has 0 fully saturated rings. The second-order valence-electron chi connectivity index (χ2n) is 7.93. The van der Waals surface area contributed by atoms with Crippen molar-refractivity contribution in [2.24, 2.45) is 0 Å². The standard InChI is InChI=1S/C26H20N2O/c29-25-14-15-27-26-23(25)12-13-24(28-26)22-7-3-6-18-20-9-8-16-4-1-2-5-17(16)19(20)10-11-21(18)22/h1-2,4-5,8-15,22H,3,6-7H2,(H,27,28,29). The van der Waals surface area contributed by atoms with E-state index in [1.807, 2.05) is 12.1 Å². The van der Waals surface area contributed by atoms with Crippen LogP contribution in [0, 0.1) is 0 Å². The Morgan fingerprint density at radius 1 is 0.828 bits per heavy atom. The minimum Gasteiger partial charge on any atom is -0.346 e. The van der Waals surface area contributed by atoms with Crippen LogP contribution in [0.15, 0.2) is 77.7 Å². The third kappa shape index (κ3) is 2.51. The maximum Gasteiger partial charge on any atom is 0.191 e. The van der Waals surface area contributed by atoms with Gasteiger partial charge in [-0.25, -0.2) is 4.98 Å². The molecule has 1 N–H and O–H groups in total. The zero-order valence-corrected chi connectivity index (χ0v) is 16.0. The number of nitrogens with one attached hydrogen (secondary N) is 1. The van der Waals surface area contributed by atoms with Crippen LogP contribution >= 0.6 is 0 Å². The summed E-state index contributed by atoms with van der Waals surface area (Å²) in [6.07, 6.45) is 5.01. The highest BCUT2D eigenvalue weighted by atomic mass is 16.1. The van der Waals surface area contributed by atoms with Crippen LogP contribution in [0.25, 0.3) is 32.6 Å². The molecule has 0 radical (unpaired) electrons. The molecule has 140 valence electrons. The van der Waals surface area contributed by atoms with Crippen molar-refractivity contribution in [2.75, 3.05) is 0 Å². The van der Waals surface area contributed by atoms with E-state index in [4.69, 9.17) is 4.98 Å². The van der Waals surface area contributed by atoms with Crippen LogP contribution in [0.4, 0.5) is 0 Å². The Kier molecular flexibility index (Phi) is 3.57. The van der Waals surface area contributed by atoms with Gasteiger partial charge in [0.15, 0.2) is 5.43 Å². The van der Waals surface area contributed by atoms with Gasteiger partial charge >= 0.3 is 0 Å². The van der Waals surface area contributed by atoms with E-state index in [9.17, 15) is 4.79 Å². The van der Waals surface area contributed by atoms with Crippen molar-refractivity contribution < 1.29 is 0 Å². The Morgan fingerprint density at radius 3 is 2.66 bits per heavy atom. The molecule has 5 aromatic rings. The monoisotopic (exact) mass is 376 g/mol. The molecule has 1 aliphatic rings. The molecule has 6 rings (SSSR count). The van der Waals surface area contributed by atoms with Gasteiger partial charge in [-0.1, -0.05) is 48.5 Å². The molecule has 3 aromatic carbocycles. The smallest absolute Gasteiger partial charge is 0.191 e. The molecule has 0 aliphatic heterocycles. The molecule has 0 amide bonds. The van der Waals surface area contributed by atoms with Gasteiger partial charge in [0.05, 0.1) is 11.1 Å². The predicted octanol–water partition coefficient (Wildman–Crippen LogP) is 5.70. The topological polar surface area (TPSA) is 45.8 Å². The Labute approximate surface area is 168 Å². The number of benzene rings is 3. The molecule has 3 heteroatoms. The van der Waals surface area contributed by atoms with Gasteiger partial charge in [-0.05, 0) is 64.1 Å². The molecule has 1 atom stereocenters. The molecular weight excluding hydrogens is 356 g/mol. The number of fused-ring (bicyclic) bond motifs is 6. The number of pyridine rings is 2. The molecule has 0 saturated carbocycles. The zero-order chi connectivity index (χ0) is 19.4. The van der Waals surface area contributed by atoms with Crippen LogP contribution in [-0.2, 0) is 6.42 Å². The first kappa shape index (κ1) is 16.5. The van der Waals surface area contributed by atoms with Crippen LogP contribution < -0.4 is 5.43 Å². The van der Waals surface area contributed by atoms with Crippen molar-refractivity contribution in [1.29, 1.82) is 0 Å². The summed E-state index contributed by atoms with van der Waals surface area (Å²) in [5.41, 5.74) is 4.56. The normalized spacial score (nSPS) is 16.3. The molecule has 3 nitrogen and oxygen atoms in total. The quantitative estimate of drug-likeness (QED) is 0.382. The zero-order valence-electron chi connectivity index (χ0n) is 16.0. The number of nitrogens with zero attached hydrogens (tertiary/aromatic N) is 1. The lowest BCUT2D eigenvalue weighted by atomic mass is 9.78.